The van der Waals surface area contributed by atoms with Crippen molar-refractivity contribution in [3.8, 4) is 5.75 Å². The summed E-state index contributed by atoms with van der Waals surface area (Å²) in [5, 5.41) is 13.3. The van der Waals surface area contributed by atoms with Crippen molar-refractivity contribution < 1.29 is 14.6 Å². The maximum atomic E-state index is 13.0. The van der Waals surface area contributed by atoms with Gasteiger partial charge >= 0.3 is 0 Å². The fourth-order valence-corrected chi connectivity index (χ4v) is 3.77. The van der Waals surface area contributed by atoms with Crippen molar-refractivity contribution in [3.05, 3.63) is 96.0 Å². The molecule has 1 aromatic heterocycles. The number of carbonyl (C=O) groups excluding carboxylic acids is 1. The average molecular weight is 411 g/mol. The van der Waals surface area contributed by atoms with E-state index in [1.807, 2.05) is 71.3 Å². The first-order valence-corrected chi connectivity index (χ1v) is 10.1. The number of rotatable bonds is 5. The number of anilines is 1. The van der Waals surface area contributed by atoms with Crippen LogP contribution in [-0.2, 0) is 17.9 Å². The molecule has 2 heterocycles. The van der Waals surface area contributed by atoms with Gasteiger partial charge in [-0.05, 0) is 42.0 Å². The molecule has 0 bridgehead atoms. The molecule has 0 spiro atoms. The maximum absolute atomic E-state index is 13.0. The number of para-hydroxylation sites is 2. The summed E-state index contributed by atoms with van der Waals surface area (Å²) < 4.78 is 7.77. The van der Waals surface area contributed by atoms with Gasteiger partial charge in [0.2, 0.25) is 0 Å². The van der Waals surface area contributed by atoms with E-state index in [1.54, 1.807) is 12.1 Å². The molecule has 0 aliphatic carbocycles. The van der Waals surface area contributed by atoms with Gasteiger partial charge in [0, 0.05) is 18.7 Å². The van der Waals surface area contributed by atoms with Gasteiger partial charge in [-0.3, -0.25) is 4.79 Å². The fourth-order valence-electron chi connectivity index (χ4n) is 3.77. The third-order valence-corrected chi connectivity index (χ3v) is 5.33. The van der Waals surface area contributed by atoms with Gasteiger partial charge in [0.1, 0.15) is 29.5 Å². The number of imidazole rings is 1. The molecule has 154 valence electrons. The molecule has 2 N–H and O–H groups in total. The van der Waals surface area contributed by atoms with E-state index in [1.165, 1.54) is 0 Å². The minimum Gasteiger partial charge on any atom is -0.511 e. The number of allylic oxidation sites excluding steroid dienone is 1. The standard InChI is InChI=1S/C25H21N3O3/c29-22-14-15-28-21-9-5-4-8-20(21)27-24(28)23(22)25(30)26-18-10-12-19(13-11-18)31-16-17-6-2-1-3-7-17/h1-13,29H,14-16H2,(H,26,30). The number of nitrogens with zero attached hydrogens (tertiary/aromatic N) is 2. The number of aryl methyl sites for hydroxylation is 1. The van der Waals surface area contributed by atoms with Gasteiger partial charge in [0.05, 0.1) is 11.0 Å². The summed E-state index contributed by atoms with van der Waals surface area (Å²) in [6.07, 6.45) is 0.391. The van der Waals surface area contributed by atoms with E-state index in [0.29, 0.717) is 36.8 Å². The lowest BCUT2D eigenvalue weighted by Gasteiger charge is -2.18. The van der Waals surface area contributed by atoms with Crippen LogP contribution in [0.4, 0.5) is 5.69 Å². The van der Waals surface area contributed by atoms with Crippen LogP contribution in [0.15, 0.2) is 84.6 Å². The number of hydrogen-bond donors (Lipinski definition) is 2. The number of fused-ring (bicyclic) bond motifs is 3. The van der Waals surface area contributed by atoms with E-state index in [0.717, 1.165) is 16.6 Å². The number of benzene rings is 3. The van der Waals surface area contributed by atoms with E-state index in [-0.39, 0.29) is 17.2 Å². The first-order valence-electron chi connectivity index (χ1n) is 10.1. The molecule has 0 unspecified atom stereocenters. The van der Waals surface area contributed by atoms with Crippen LogP contribution in [0.3, 0.4) is 0 Å². The average Bonchev–Trinajstić information content (AvgIpc) is 3.17. The Morgan fingerprint density at radius 2 is 1.74 bits per heavy atom. The minimum atomic E-state index is -0.383. The number of hydrogen-bond acceptors (Lipinski definition) is 4. The highest BCUT2D eigenvalue weighted by molar-refractivity contribution is 6.25. The minimum absolute atomic E-state index is 0.0584. The van der Waals surface area contributed by atoms with Crippen LogP contribution in [0, 0.1) is 0 Å². The Bertz CT molecular complexity index is 1270. The zero-order valence-corrected chi connectivity index (χ0v) is 16.8. The van der Waals surface area contributed by atoms with Gasteiger partial charge in [0.25, 0.3) is 5.91 Å². The topological polar surface area (TPSA) is 76.4 Å². The second kappa shape index (κ2) is 7.99. The van der Waals surface area contributed by atoms with Gasteiger partial charge in [-0.15, -0.1) is 0 Å². The summed E-state index contributed by atoms with van der Waals surface area (Å²) >= 11 is 0. The predicted octanol–water partition coefficient (Wildman–Crippen LogP) is 4.93. The van der Waals surface area contributed by atoms with E-state index < -0.39 is 0 Å². The predicted molar refractivity (Wildman–Crippen MR) is 120 cm³/mol. The monoisotopic (exact) mass is 411 g/mol. The van der Waals surface area contributed by atoms with Crippen molar-refractivity contribution in [1.29, 1.82) is 0 Å². The highest BCUT2D eigenvalue weighted by atomic mass is 16.5. The van der Waals surface area contributed by atoms with Crippen molar-refractivity contribution >= 4 is 28.2 Å². The molecule has 1 aliphatic heterocycles. The molecular weight excluding hydrogens is 390 g/mol. The summed E-state index contributed by atoms with van der Waals surface area (Å²) in [5.41, 5.74) is 3.67. The van der Waals surface area contributed by atoms with E-state index in [4.69, 9.17) is 4.74 Å². The zero-order chi connectivity index (χ0) is 21.2. The Kier molecular flexibility index (Phi) is 4.88. The Labute approximate surface area is 179 Å². The Morgan fingerprint density at radius 3 is 2.55 bits per heavy atom. The van der Waals surface area contributed by atoms with Crippen molar-refractivity contribution in [2.75, 3.05) is 5.32 Å². The Hall–Kier alpha value is -4.06. The molecule has 4 aromatic rings. The largest absolute Gasteiger partial charge is 0.511 e. The highest BCUT2D eigenvalue weighted by Crippen LogP contribution is 2.30. The smallest absolute Gasteiger partial charge is 0.262 e. The van der Waals surface area contributed by atoms with Gasteiger partial charge in [-0.2, -0.15) is 0 Å². The number of aliphatic hydroxyl groups is 1. The van der Waals surface area contributed by atoms with Gasteiger partial charge in [0.15, 0.2) is 0 Å². The molecule has 0 saturated heterocycles. The molecule has 0 atom stereocenters. The molecule has 5 rings (SSSR count). The quantitative estimate of drug-likeness (QED) is 0.488. The van der Waals surface area contributed by atoms with Gasteiger partial charge in [-0.25, -0.2) is 4.98 Å². The van der Waals surface area contributed by atoms with Crippen LogP contribution >= 0.6 is 0 Å². The molecule has 1 amide bonds. The molecule has 6 nitrogen and oxygen atoms in total. The first kappa shape index (κ1) is 18.9. The van der Waals surface area contributed by atoms with E-state index in [2.05, 4.69) is 10.3 Å². The van der Waals surface area contributed by atoms with Crippen LogP contribution in [0.5, 0.6) is 5.75 Å². The first-order chi connectivity index (χ1) is 15.2. The fraction of sp³-hybridized carbons (Fsp3) is 0.120. The SMILES string of the molecule is O=C(Nc1ccc(OCc2ccccc2)cc1)C1=C(O)CCn2c1nc1ccccc12. The molecule has 31 heavy (non-hydrogen) atoms. The van der Waals surface area contributed by atoms with Crippen molar-refractivity contribution in [3.63, 3.8) is 0 Å². The van der Waals surface area contributed by atoms with Crippen LogP contribution in [0.25, 0.3) is 16.6 Å². The third-order valence-electron chi connectivity index (χ3n) is 5.33. The second-order valence-electron chi connectivity index (χ2n) is 7.40. The summed E-state index contributed by atoms with van der Waals surface area (Å²) in [5.74, 6) is 0.878. The van der Waals surface area contributed by atoms with Crippen LogP contribution < -0.4 is 10.1 Å². The summed E-state index contributed by atoms with van der Waals surface area (Å²) in [6, 6.07) is 24.8. The summed E-state index contributed by atoms with van der Waals surface area (Å²) in [4.78, 5) is 17.6. The third kappa shape index (κ3) is 3.75. The molecule has 6 heteroatoms. The van der Waals surface area contributed by atoms with E-state index >= 15 is 0 Å². The lowest BCUT2D eigenvalue weighted by atomic mass is 10.1. The summed E-state index contributed by atoms with van der Waals surface area (Å²) in [6.45, 7) is 1.06. The molecule has 0 radical (unpaired) electrons. The second-order valence-corrected chi connectivity index (χ2v) is 7.40. The lowest BCUT2D eigenvalue weighted by Crippen LogP contribution is -2.22. The lowest BCUT2D eigenvalue weighted by molar-refractivity contribution is -0.111. The van der Waals surface area contributed by atoms with Crippen molar-refractivity contribution in [2.24, 2.45) is 0 Å². The number of nitrogens with one attached hydrogen (secondary N) is 1. The molecular formula is C25H21N3O3. The number of aliphatic hydroxyl groups excluding tert-OH is 1. The van der Waals surface area contributed by atoms with Crippen molar-refractivity contribution in [2.45, 2.75) is 19.6 Å². The Balaban J connectivity index is 1.32. The number of amides is 1. The molecule has 3 aromatic carbocycles. The van der Waals surface area contributed by atoms with Crippen LogP contribution in [0.2, 0.25) is 0 Å². The molecule has 0 saturated carbocycles. The van der Waals surface area contributed by atoms with E-state index in [9.17, 15) is 9.90 Å². The Morgan fingerprint density at radius 1 is 1.00 bits per heavy atom. The highest BCUT2D eigenvalue weighted by Gasteiger charge is 2.28. The van der Waals surface area contributed by atoms with Crippen LogP contribution in [0.1, 0.15) is 17.8 Å². The molecule has 1 aliphatic rings. The molecule has 0 fully saturated rings. The van der Waals surface area contributed by atoms with Crippen LogP contribution in [-0.4, -0.2) is 20.6 Å². The zero-order valence-electron chi connectivity index (χ0n) is 16.8. The number of aromatic nitrogens is 2. The normalized spacial score (nSPS) is 13.2. The van der Waals surface area contributed by atoms with Gasteiger partial charge < -0.3 is 19.7 Å². The van der Waals surface area contributed by atoms with Crippen molar-refractivity contribution in [1.82, 2.24) is 9.55 Å². The number of ether oxygens (including phenoxy) is 1. The summed E-state index contributed by atoms with van der Waals surface area (Å²) in [7, 11) is 0. The van der Waals surface area contributed by atoms with Gasteiger partial charge in [-0.1, -0.05) is 42.5 Å². The number of carbonyl (C=O) groups is 1. The maximum Gasteiger partial charge on any atom is 0.262 e.